The van der Waals surface area contributed by atoms with Crippen molar-refractivity contribution in [2.45, 2.75) is 13.8 Å². The Balaban J connectivity index is 4.35. The zero-order valence-electron chi connectivity index (χ0n) is 6.06. The first-order valence-electron chi connectivity index (χ1n) is 2.99. The molecule has 0 aliphatic carbocycles. The maximum absolute atomic E-state index is 10.1. The first-order valence-corrected chi connectivity index (χ1v) is 1.78. The van der Waals surface area contributed by atoms with Crippen molar-refractivity contribution in [3.8, 4) is 0 Å². The van der Waals surface area contributed by atoms with Gasteiger partial charge in [0.2, 0.25) is 0 Å². The number of carboxylic acid groups (broad SMARTS) is 1. The predicted molar refractivity (Wildman–Crippen MR) is 27.1 cm³/mol. The molecule has 0 aromatic rings. The van der Waals surface area contributed by atoms with Crippen LogP contribution >= 0.6 is 0 Å². The highest BCUT2D eigenvalue weighted by Crippen LogP contribution is 1.87. The van der Waals surface area contributed by atoms with E-state index < -0.39 is 5.97 Å². The molecule has 0 saturated heterocycles. The molecule has 7 heavy (non-hydrogen) atoms. The molecule has 0 aromatic heterocycles. The van der Waals surface area contributed by atoms with Crippen LogP contribution in [0.3, 0.4) is 0 Å². The second kappa shape index (κ2) is 2.39. The van der Waals surface area contributed by atoms with Crippen molar-refractivity contribution in [2.24, 2.45) is 0 Å². The topological polar surface area (TPSA) is 37.3 Å². The molecular weight excluding hydrogens is 92.1 g/mol. The van der Waals surface area contributed by atoms with Gasteiger partial charge in [0.15, 0.2) is 0 Å². The smallest absolute Gasteiger partial charge is 0.330 e. The van der Waals surface area contributed by atoms with Gasteiger partial charge in [0, 0.05) is 6.94 Å². The largest absolute Gasteiger partial charge is 0.478 e. The summed E-state index contributed by atoms with van der Waals surface area (Å²) in [5.41, 5.74) is -0.144. The van der Waals surface area contributed by atoms with Crippen molar-refractivity contribution in [1.82, 2.24) is 0 Å². The van der Waals surface area contributed by atoms with Crippen LogP contribution in [0.2, 0.25) is 0 Å². The van der Waals surface area contributed by atoms with Crippen LogP contribution in [0.5, 0.6) is 0 Å². The molecule has 0 spiro atoms. The number of rotatable bonds is 1. The van der Waals surface area contributed by atoms with E-state index in [1.807, 2.05) is 0 Å². The summed E-state index contributed by atoms with van der Waals surface area (Å²) in [7, 11) is 0. The lowest BCUT2D eigenvalue weighted by Crippen LogP contribution is -1.93. The molecular formula is C5H8O2. The second-order valence-electron chi connectivity index (χ2n) is 1.03. The lowest BCUT2D eigenvalue weighted by Gasteiger charge is -1.84. The van der Waals surface area contributed by atoms with E-state index in [4.69, 9.17) is 7.85 Å². The third kappa shape index (κ3) is 1.98. The maximum Gasteiger partial charge on any atom is 0.330 e. The Bertz CT molecular complexity index is 147. The van der Waals surface area contributed by atoms with Crippen LogP contribution in [0.1, 0.15) is 16.6 Å². The molecule has 0 amide bonds. The standard InChI is InChI=1S/C5H8O2/c1-3-4(2)5(6)7/h3H,1-2H3,(H,6,7)/b4-3+/i2D,3D. The van der Waals surface area contributed by atoms with Gasteiger partial charge in [-0.3, -0.25) is 0 Å². The van der Waals surface area contributed by atoms with E-state index in [0.29, 0.717) is 0 Å². The molecule has 0 heterocycles. The van der Waals surface area contributed by atoms with Crippen LogP contribution in [0.25, 0.3) is 0 Å². The average molecular weight is 102 g/mol. The predicted octanol–water partition coefficient (Wildman–Crippen LogP) is 1.04. The average Bonchev–Trinajstić information content (AvgIpc) is 1.64. The highest BCUT2D eigenvalue weighted by molar-refractivity contribution is 5.85. The summed E-state index contributed by atoms with van der Waals surface area (Å²) in [6.45, 7) is 1.03. The van der Waals surface area contributed by atoms with E-state index in [0.717, 1.165) is 0 Å². The van der Waals surface area contributed by atoms with Crippen LogP contribution in [0.15, 0.2) is 11.6 Å². The first kappa shape index (κ1) is 3.24. The molecule has 2 heteroatoms. The van der Waals surface area contributed by atoms with Gasteiger partial charge in [0.05, 0.1) is 1.37 Å². The fourth-order valence-electron chi connectivity index (χ4n) is 0.107. The van der Waals surface area contributed by atoms with E-state index >= 15 is 0 Å². The quantitative estimate of drug-likeness (QED) is 0.502. The Morgan fingerprint density at radius 1 is 2.14 bits per heavy atom. The van der Waals surface area contributed by atoms with Gasteiger partial charge in [-0.05, 0) is 13.8 Å². The fourth-order valence-corrected chi connectivity index (χ4v) is 0.107. The molecule has 40 valence electrons. The minimum absolute atomic E-state index is 0.0440. The molecule has 0 bridgehead atoms. The van der Waals surface area contributed by atoms with Crippen molar-refractivity contribution < 1.29 is 12.6 Å². The molecule has 0 saturated carbocycles. The Labute approximate surface area is 45.3 Å². The molecule has 0 unspecified atom stereocenters. The van der Waals surface area contributed by atoms with E-state index in [2.05, 4.69) is 0 Å². The summed E-state index contributed by atoms with van der Waals surface area (Å²) in [5.74, 6) is -1.17. The SMILES string of the molecule is [2H]C/C(C(=O)O)=C(/[2H])C. The Morgan fingerprint density at radius 2 is 2.71 bits per heavy atom. The van der Waals surface area contributed by atoms with Crippen molar-refractivity contribution in [3.05, 3.63) is 11.6 Å². The number of carboxylic acids is 1. The van der Waals surface area contributed by atoms with Gasteiger partial charge in [-0.25, -0.2) is 4.79 Å². The lowest BCUT2D eigenvalue weighted by molar-refractivity contribution is -0.132. The van der Waals surface area contributed by atoms with Gasteiger partial charge >= 0.3 is 5.97 Å². The van der Waals surface area contributed by atoms with Gasteiger partial charge < -0.3 is 5.11 Å². The summed E-state index contributed by atoms with van der Waals surface area (Å²) in [6, 6.07) is -0.0440. The van der Waals surface area contributed by atoms with Crippen LogP contribution < -0.4 is 0 Å². The van der Waals surface area contributed by atoms with E-state index in [1.54, 1.807) is 0 Å². The molecule has 0 aromatic carbocycles. The highest BCUT2D eigenvalue weighted by Gasteiger charge is 1.93. The van der Waals surface area contributed by atoms with Crippen LogP contribution in [0, 0.1) is 0 Å². The van der Waals surface area contributed by atoms with Crippen molar-refractivity contribution in [1.29, 1.82) is 0 Å². The molecule has 2 nitrogen and oxygen atoms in total. The van der Waals surface area contributed by atoms with Gasteiger partial charge in [-0.2, -0.15) is 0 Å². The molecule has 0 aliphatic rings. The molecule has 0 aliphatic heterocycles. The monoisotopic (exact) mass is 102 g/mol. The first-order chi connectivity index (χ1) is 4.09. The van der Waals surface area contributed by atoms with Gasteiger partial charge in [-0.15, -0.1) is 0 Å². The Kier molecular flexibility index (Phi) is 1.11. The number of allylic oxidation sites excluding steroid dienone is 1. The number of carbonyl (C=O) groups is 1. The minimum atomic E-state index is -1.17. The zero-order valence-corrected chi connectivity index (χ0v) is 4.06. The molecule has 0 atom stereocenters. The van der Waals surface area contributed by atoms with E-state index in [-0.39, 0.29) is 18.5 Å². The summed E-state index contributed by atoms with van der Waals surface area (Å²) < 4.78 is 13.5. The number of hydrogen-bond acceptors (Lipinski definition) is 1. The summed E-state index contributed by atoms with van der Waals surface area (Å²) in [6.07, 6.45) is 0. The van der Waals surface area contributed by atoms with Crippen LogP contribution in [0.4, 0.5) is 0 Å². The van der Waals surface area contributed by atoms with Gasteiger partial charge in [0.1, 0.15) is 0 Å². The van der Waals surface area contributed by atoms with E-state index in [9.17, 15) is 4.79 Å². The summed E-state index contributed by atoms with van der Waals surface area (Å²) in [5, 5.41) is 8.25. The third-order valence-electron chi connectivity index (χ3n) is 0.560. The van der Waals surface area contributed by atoms with E-state index in [1.165, 1.54) is 6.92 Å². The van der Waals surface area contributed by atoms with Crippen molar-refractivity contribution >= 4 is 5.97 Å². The normalized spacial score (nSPS) is 16.7. The van der Waals surface area contributed by atoms with Crippen molar-refractivity contribution in [2.75, 3.05) is 0 Å². The summed E-state index contributed by atoms with van der Waals surface area (Å²) in [4.78, 5) is 10.1. The van der Waals surface area contributed by atoms with Crippen LogP contribution in [-0.4, -0.2) is 11.1 Å². The van der Waals surface area contributed by atoms with Gasteiger partial charge in [-0.1, -0.05) is 6.05 Å². The fraction of sp³-hybridized carbons (Fsp3) is 0.400. The zero-order chi connectivity index (χ0) is 7.44. The third-order valence-corrected chi connectivity index (χ3v) is 0.560. The van der Waals surface area contributed by atoms with Crippen molar-refractivity contribution in [3.63, 3.8) is 0 Å². The maximum atomic E-state index is 10.1. The Morgan fingerprint density at radius 3 is 2.71 bits per heavy atom. The minimum Gasteiger partial charge on any atom is -0.478 e. The lowest BCUT2D eigenvalue weighted by atomic mass is 10.3. The Hall–Kier alpha value is -0.790. The molecule has 0 radical (unpaired) electrons. The summed E-state index contributed by atoms with van der Waals surface area (Å²) >= 11 is 0. The van der Waals surface area contributed by atoms with Gasteiger partial charge in [0.25, 0.3) is 0 Å². The highest BCUT2D eigenvalue weighted by atomic mass is 16.4. The molecule has 0 fully saturated rings. The molecule has 1 N–H and O–H groups in total. The van der Waals surface area contributed by atoms with Crippen LogP contribution in [-0.2, 0) is 4.79 Å². The second-order valence-corrected chi connectivity index (χ2v) is 1.03. The number of aliphatic carboxylic acids is 1. The number of hydrogen-bond donors (Lipinski definition) is 1. The molecule has 0 rings (SSSR count).